The van der Waals surface area contributed by atoms with Crippen molar-refractivity contribution in [3.63, 3.8) is 0 Å². The number of methoxy groups -OCH3 is 1. The van der Waals surface area contributed by atoms with Crippen LogP contribution in [0.2, 0.25) is 0 Å². The van der Waals surface area contributed by atoms with E-state index in [1.54, 1.807) is 7.11 Å². The molecule has 7 nitrogen and oxygen atoms in total. The molecule has 0 atom stereocenters. The second-order valence-corrected chi connectivity index (χ2v) is 7.89. The lowest BCUT2D eigenvalue weighted by Gasteiger charge is -2.26. The predicted molar refractivity (Wildman–Crippen MR) is 122 cm³/mol. The summed E-state index contributed by atoms with van der Waals surface area (Å²) in [6.07, 6.45) is 0.946. The Balaban J connectivity index is 1.65. The normalized spacial score (nSPS) is 13.8. The molecule has 1 aliphatic rings. The Morgan fingerprint density at radius 2 is 1.81 bits per heavy atom. The van der Waals surface area contributed by atoms with Crippen LogP contribution in [-0.4, -0.2) is 54.0 Å². The highest BCUT2D eigenvalue weighted by Gasteiger charge is 2.22. The molecular weight excluding hydrogens is 406 g/mol. The highest BCUT2D eigenvalue weighted by molar-refractivity contribution is 5.76. The Hall–Kier alpha value is -3.32. The van der Waals surface area contributed by atoms with E-state index in [0.717, 1.165) is 22.5 Å². The molecule has 1 fully saturated rings. The van der Waals surface area contributed by atoms with Crippen LogP contribution in [0.15, 0.2) is 48.5 Å². The Bertz CT molecular complexity index is 1090. The minimum atomic E-state index is 0.128. The van der Waals surface area contributed by atoms with Crippen molar-refractivity contribution in [1.82, 2.24) is 14.7 Å². The zero-order valence-corrected chi connectivity index (χ0v) is 18.8. The van der Waals surface area contributed by atoms with Crippen molar-refractivity contribution >= 4 is 5.91 Å². The van der Waals surface area contributed by atoms with Crippen molar-refractivity contribution in [2.24, 2.45) is 0 Å². The van der Waals surface area contributed by atoms with Crippen LogP contribution in [0.25, 0.3) is 5.69 Å². The first-order chi connectivity index (χ1) is 15.5. The quantitative estimate of drug-likeness (QED) is 0.559. The lowest BCUT2D eigenvalue weighted by Crippen LogP contribution is -2.40. The van der Waals surface area contributed by atoms with Crippen molar-refractivity contribution < 1.29 is 19.0 Å². The summed E-state index contributed by atoms with van der Waals surface area (Å²) in [6.45, 7) is 6.49. The van der Waals surface area contributed by atoms with Gasteiger partial charge in [0.2, 0.25) is 11.8 Å². The summed E-state index contributed by atoms with van der Waals surface area (Å²) in [6, 6.07) is 15.6. The summed E-state index contributed by atoms with van der Waals surface area (Å²) in [4.78, 5) is 14.6. The first-order valence-electron chi connectivity index (χ1n) is 10.9. The summed E-state index contributed by atoms with van der Waals surface area (Å²) < 4.78 is 18.9. The zero-order valence-electron chi connectivity index (χ0n) is 18.8. The van der Waals surface area contributed by atoms with Gasteiger partial charge in [0.05, 0.1) is 31.7 Å². The van der Waals surface area contributed by atoms with Crippen molar-refractivity contribution in [1.29, 1.82) is 0 Å². The molecule has 1 amide bonds. The van der Waals surface area contributed by atoms with E-state index in [2.05, 4.69) is 6.07 Å². The number of aryl methyl sites for hydroxylation is 2. The smallest absolute Gasteiger partial charge is 0.226 e. The number of hydrogen-bond acceptors (Lipinski definition) is 5. The number of ether oxygens (including phenoxy) is 3. The van der Waals surface area contributed by atoms with E-state index < -0.39 is 0 Å². The standard InChI is InChI=1S/C25H29N3O4/c1-18-6-4-7-20(16-18)28-25(32-22-9-5-8-21(17-22)30-3)23(19(2)26-28)10-11-24(29)27-12-14-31-15-13-27/h4-9,16-17H,10-15H2,1-3H3. The fourth-order valence-electron chi connectivity index (χ4n) is 3.84. The summed E-state index contributed by atoms with van der Waals surface area (Å²) in [5.41, 5.74) is 3.82. The lowest BCUT2D eigenvalue weighted by atomic mass is 10.1. The van der Waals surface area contributed by atoms with Gasteiger partial charge in [0.1, 0.15) is 11.5 Å². The molecule has 0 aliphatic carbocycles. The fourth-order valence-corrected chi connectivity index (χ4v) is 3.84. The fraction of sp³-hybridized carbons (Fsp3) is 0.360. The van der Waals surface area contributed by atoms with Gasteiger partial charge in [-0.3, -0.25) is 4.79 Å². The first-order valence-corrected chi connectivity index (χ1v) is 10.9. The number of rotatable bonds is 7. The molecule has 4 rings (SSSR count). The van der Waals surface area contributed by atoms with Crippen molar-refractivity contribution in [2.75, 3.05) is 33.4 Å². The second kappa shape index (κ2) is 9.87. The van der Waals surface area contributed by atoms with E-state index in [0.29, 0.717) is 56.5 Å². The van der Waals surface area contributed by atoms with Crippen molar-refractivity contribution in [3.8, 4) is 23.1 Å². The van der Waals surface area contributed by atoms with Gasteiger partial charge < -0.3 is 19.1 Å². The predicted octanol–water partition coefficient (Wildman–Crippen LogP) is 4.08. The van der Waals surface area contributed by atoms with Crippen LogP contribution in [0.5, 0.6) is 17.4 Å². The molecule has 2 aromatic carbocycles. The van der Waals surface area contributed by atoms with Crippen LogP contribution in [0.3, 0.4) is 0 Å². The Labute approximate surface area is 188 Å². The molecule has 1 aliphatic heterocycles. The van der Waals surface area contributed by atoms with Gasteiger partial charge in [-0.2, -0.15) is 5.10 Å². The maximum atomic E-state index is 12.7. The molecule has 168 valence electrons. The molecule has 2 heterocycles. The molecule has 0 spiro atoms. The third kappa shape index (κ3) is 4.94. The number of nitrogens with zero attached hydrogens (tertiary/aromatic N) is 3. The number of aromatic nitrogens is 2. The van der Waals surface area contributed by atoms with Gasteiger partial charge >= 0.3 is 0 Å². The van der Waals surface area contributed by atoms with Crippen molar-refractivity contribution in [3.05, 3.63) is 65.4 Å². The minimum absolute atomic E-state index is 0.128. The highest BCUT2D eigenvalue weighted by Crippen LogP contribution is 2.33. The van der Waals surface area contributed by atoms with Gasteiger partial charge in [-0.05, 0) is 50.1 Å². The van der Waals surface area contributed by atoms with Crippen LogP contribution in [0, 0.1) is 13.8 Å². The molecule has 0 N–H and O–H groups in total. The Morgan fingerprint density at radius 1 is 1.06 bits per heavy atom. The first kappa shape index (κ1) is 21.9. The Kier molecular flexibility index (Phi) is 6.75. The van der Waals surface area contributed by atoms with E-state index in [1.807, 2.05) is 65.9 Å². The van der Waals surface area contributed by atoms with Gasteiger partial charge in [0.15, 0.2) is 0 Å². The molecule has 0 saturated carbocycles. The molecular formula is C25H29N3O4. The van der Waals surface area contributed by atoms with Gasteiger partial charge in [-0.15, -0.1) is 0 Å². The minimum Gasteiger partial charge on any atom is -0.497 e. The number of amides is 1. The molecule has 1 aromatic heterocycles. The molecule has 0 bridgehead atoms. The average molecular weight is 436 g/mol. The number of carbonyl (C=O) groups is 1. The van der Waals surface area contributed by atoms with Crippen LogP contribution in [-0.2, 0) is 16.0 Å². The molecule has 1 saturated heterocycles. The molecule has 0 unspecified atom stereocenters. The van der Waals surface area contributed by atoms with Crippen LogP contribution in [0.4, 0.5) is 0 Å². The number of benzene rings is 2. The molecule has 32 heavy (non-hydrogen) atoms. The van der Waals surface area contributed by atoms with E-state index in [4.69, 9.17) is 19.3 Å². The number of carbonyl (C=O) groups excluding carboxylic acids is 1. The maximum absolute atomic E-state index is 12.7. The number of hydrogen-bond donors (Lipinski definition) is 0. The highest BCUT2D eigenvalue weighted by atomic mass is 16.5. The van der Waals surface area contributed by atoms with Gasteiger partial charge in [0, 0.05) is 31.1 Å². The van der Waals surface area contributed by atoms with E-state index in [-0.39, 0.29) is 5.91 Å². The Morgan fingerprint density at radius 3 is 2.56 bits per heavy atom. The lowest BCUT2D eigenvalue weighted by molar-refractivity contribution is -0.135. The summed E-state index contributed by atoms with van der Waals surface area (Å²) in [5.74, 6) is 2.11. The summed E-state index contributed by atoms with van der Waals surface area (Å²) in [7, 11) is 1.63. The van der Waals surface area contributed by atoms with E-state index in [1.165, 1.54) is 0 Å². The van der Waals surface area contributed by atoms with Crippen LogP contribution < -0.4 is 9.47 Å². The van der Waals surface area contributed by atoms with E-state index >= 15 is 0 Å². The SMILES string of the molecule is COc1cccc(Oc2c(CCC(=O)N3CCOCC3)c(C)nn2-c2cccc(C)c2)c1. The molecule has 0 radical (unpaired) electrons. The van der Waals surface area contributed by atoms with Crippen LogP contribution in [0.1, 0.15) is 23.2 Å². The largest absolute Gasteiger partial charge is 0.497 e. The van der Waals surface area contributed by atoms with Crippen LogP contribution >= 0.6 is 0 Å². The molecule has 3 aromatic rings. The summed E-state index contributed by atoms with van der Waals surface area (Å²) >= 11 is 0. The molecule has 7 heteroatoms. The number of morpholine rings is 1. The monoisotopic (exact) mass is 435 g/mol. The maximum Gasteiger partial charge on any atom is 0.226 e. The van der Waals surface area contributed by atoms with E-state index in [9.17, 15) is 4.79 Å². The topological polar surface area (TPSA) is 65.8 Å². The average Bonchev–Trinajstić information content (AvgIpc) is 3.13. The third-order valence-electron chi connectivity index (χ3n) is 5.59. The van der Waals surface area contributed by atoms with Gasteiger partial charge in [-0.1, -0.05) is 18.2 Å². The van der Waals surface area contributed by atoms with Crippen molar-refractivity contribution in [2.45, 2.75) is 26.7 Å². The summed E-state index contributed by atoms with van der Waals surface area (Å²) in [5, 5.41) is 4.77. The second-order valence-electron chi connectivity index (χ2n) is 7.89. The van der Waals surface area contributed by atoms with Gasteiger partial charge in [0.25, 0.3) is 0 Å². The van der Waals surface area contributed by atoms with Gasteiger partial charge in [-0.25, -0.2) is 4.68 Å². The third-order valence-corrected chi connectivity index (χ3v) is 5.59. The zero-order chi connectivity index (χ0) is 22.5.